The van der Waals surface area contributed by atoms with Crippen molar-refractivity contribution in [2.75, 3.05) is 32.1 Å². The van der Waals surface area contributed by atoms with Crippen molar-refractivity contribution in [2.45, 2.75) is 19.8 Å². The highest BCUT2D eigenvalue weighted by Gasteiger charge is 2.24. The Labute approximate surface area is 114 Å². The molecule has 1 aromatic rings. The Morgan fingerprint density at radius 1 is 1.47 bits per heavy atom. The minimum Gasteiger partial charge on any atom is -0.496 e. The molecule has 0 aliphatic carbocycles. The summed E-state index contributed by atoms with van der Waals surface area (Å²) in [6, 6.07) is 5.83. The fraction of sp³-hybridized carbons (Fsp3) is 0.533. The second kappa shape index (κ2) is 6.06. The summed E-state index contributed by atoms with van der Waals surface area (Å²) in [4.78, 5) is 14.2. The molecule has 0 bridgehead atoms. The van der Waals surface area contributed by atoms with Crippen LogP contribution in [0.15, 0.2) is 18.2 Å². The number of methoxy groups -OCH3 is 1. The largest absolute Gasteiger partial charge is 0.496 e. The topological polar surface area (TPSA) is 41.6 Å². The maximum Gasteiger partial charge on any atom is 0.231 e. The van der Waals surface area contributed by atoms with Gasteiger partial charge in [0.1, 0.15) is 5.75 Å². The van der Waals surface area contributed by atoms with Crippen LogP contribution in [0.5, 0.6) is 5.75 Å². The van der Waals surface area contributed by atoms with Crippen LogP contribution >= 0.6 is 0 Å². The second-order valence-electron chi connectivity index (χ2n) is 5.09. The van der Waals surface area contributed by atoms with E-state index < -0.39 is 0 Å². The molecule has 0 radical (unpaired) electrons. The molecular weight excluding hydrogens is 240 g/mol. The lowest BCUT2D eigenvalue weighted by molar-refractivity contribution is -0.122. The minimum atomic E-state index is 0.0983. The number of rotatable bonds is 3. The van der Waals surface area contributed by atoms with E-state index in [4.69, 9.17) is 4.74 Å². The third-order valence-corrected chi connectivity index (χ3v) is 3.74. The summed E-state index contributed by atoms with van der Waals surface area (Å²) in [6.45, 7) is 3.80. The van der Waals surface area contributed by atoms with Crippen LogP contribution in [0.4, 0.5) is 5.69 Å². The molecule has 19 heavy (non-hydrogen) atoms. The summed E-state index contributed by atoms with van der Waals surface area (Å²) in [7, 11) is 3.50. The highest BCUT2D eigenvalue weighted by Crippen LogP contribution is 2.25. The van der Waals surface area contributed by atoms with E-state index in [-0.39, 0.29) is 11.8 Å². The van der Waals surface area contributed by atoms with E-state index in [1.54, 1.807) is 12.0 Å². The molecule has 104 valence electrons. The zero-order chi connectivity index (χ0) is 13.8. The van der Waals surface area contributed by atoms with Crippen molar-refractivity contribution in [3.63, 3.8) is 0 Å². The lowest BCUT2D eigenvalue weighted by Crippen LogP contribution is -2.41. The summed E-state index contributed by atoms with van der Waals surface area (Å²) < 4.78 is 5.24. The van der Waals surface area contributed by atoms with Crippen molar-refractivity contribution in [2.24, 2.45) is 5.92 Å². The van der Waals surface area contributed by atoms with Crippen LogP contribution in [0.1, 0.15) is 18.4 Å². The lowest BCUT2D eigenvalue weighted by atomic mass is 9.98. The van der Waals surface area contributed by atoms with Gasteiger partial charge in [0.05, 0.1) is 13.0 Å². The molecule has 1 heterocycles. The number of aryl methyl sites for hydroxylation is 1. The Morgan fingerprint density at radius 3 is 2.84 bits per heavy atom. The first-order valence-electron chi connectivity index (χ1n) is 6.76. The van der Waals surface area contributed by atoms with Gasteiger partial charge in [0.2, 0.25) is 5.91 Å². The van der Waals surface area contributed by atoms with Crippen LogP contribution in [-0.4, -0.2) is 33.2 Å². The fourth-order valence-electron chi connectivity index (χ4n) is 2.53. The Hall–Kier alpha value is -1.55. The van der Waals surface area contributed by atoms with Gasteiger partial charge in [0, 0.05) is 19.3 Å². The maximum atomic E-state index is 12.4. The van der Waals surface area contributed by atoms with Crippen LogP contribution in [0.2, 0.25) is 0 Å². The van der Waals surface area contributed by atoms with Crippen molar-refractivity contribution in [1.29, 1.82) is 0 Å². The van der Waals surface area contributed by atoms with Gasteiger partial charge in [-0.15, -0.1) is 0 Å². The van der Waals surface area contributed by atoms with Crippen molar-refractivity contribution >= 4 is 11.6 Å². The first-order chi connectivity index (χ1) is 9.13. The zero-order valence-corrected chi connectivity index (χ0v) is 11.9. The molecular formula is C15H22N2O2. The monoisotopic (exact) mass is 262 g/mol. The molecule has 1 N–H and O–H groups in total. The normalized spacial score (nSPS) is 19.0. The van der Waals surface area contributed by atoms with Gasteiger partial charge in [-0.05, 0) is 50.1 Å². The Balaban J connectivity index is 2.11. The molecule has 1 fully saturated rings. The minimum absolute atomic E-state index is 0.0983. The first-order valence-corrected chi connectivity index (χ1v) is 6.76. The number of piperidine rings is 1. The number of amides is 1. The predicted octanol–water partition coefficient (Wildman–Crippen LogP) is 1.97. The number of hydrogen-bond donors (Lipinski definition) is 1. The number of ether oxygens (including phenoxy) is 1. The Kier molecular flexibility index (Phi) is 4.43. The SMILES string of the molecule is COc1ccc(N(C)C(=O)C2CCCNC2)cc1C. The summed E-state index contributed by atoms with van der Waals surface area (Å²) in [6.07, 6.45) is 2.05. The predicted molar refractivity (Wildman–Crippen MR) is 76.7 cm³/mol. The summed E-state index contributed by atoms with van der Waals surface area (Å²) in [5.74, 6) is 1.14. The van der Waals surface area contributed by atoms with Gasteiger partial charge < -0.3 is 15.0 Å². The van der Waals surface area contributed by atoms with Gasteiger partial charge in [-0.3, -0.25) is 4.79 Å². The Morgan fingerprint density at radius 2 is 2.26 bits per heavy atom. The van der Waals surface area contributed by atoms with Crippen LogP contribution in [0.3, 0.4) is 0 Å². The number of hydrogen-bond acceptors (Lipinski definition) is 3. The van der Waals surface area contributed by atoms with E-state index in [0.717, 1.165) is 42.9 Å². The van der Waals surface area contributed by atoms with Crippen LogP contribution in [0, 0.1) is 12.8 Å². The maximum absolute atomic E-state index is 12.4. The molecule has 2 rings (SSSR count). The number of carbonyl (C=O) groups excluding carboxylic acids is 1. The van der Waals surface area contributed by atoms with Crippen LogP contribution in [-0.2, 0) is 4.79 Å². The number of anilines is 1. The lowest BCUT2D eigenvalue weighted by Gasteiger charge is -2.27. The average molecular weight is 262 g/mol. The number of benzene rings is 1. The van der Waals surface area contributed by atoms with E-state index in [2.05, 4.69) is 5.32 Å². The van der Waals surface area contributed by atoms with Gasteiger partial charge in [0.15, 0.2) is 0 Å². The number of nitrogens with zero attached hydrogens (tertiary/aromatic N) is 1. The quantitative estimate of drug-likeness (QED) is 0.905. The molecule has 1 aromatic carbocycles. The molecule has 1 saturated heterocycles. The molecule has 1 unspecified atom stereocenters. The standard InChI is InChI=1S/C15H22N2O2/c1-11-9-13(6-7-14(11)19-3)17(2)15(18)12-5-4-8-16-10-12/h6-7,9,12,16H,4-5,8,10H2,1-3H3. The van der Waals surface area contributed by atoms with E-state index in [9.17, 15) is 4.79 Å². The molecule has 0 spiro atoms. The molecule has 1 atom stereocenters. The highest BCUT2D eigenvalue weighted by molar-refractivity contribution is 5.94. The van der Waals surface area contributed by atoms with Gasteiger partial charge in [-0.2, -0.15) is 0 Å². The number of carbonyl (C=O) groups is 1. The van der Waals surface area contributed by atoms with Crippen LogP contribution < -0.4 is 15.0 Å². The van der Waals surface area contributed by atoms with Gasteiger partial charge in [-0.1, -0.05) is 0 Å². The third-order valence-electron chi connectivity index (χ3n) is 3.74. The molecule has 0 saturated carbocycles. The van der Waals surface area contributed by atoms with Crippen molar-refractivity contribution in [3.05, 3.63) is 23.8 Å². The highest BCUT2D eigenvalue weighted by atomic mass is 16.5. The summed E-state index contributed by atoms with van der Waals surface area (Å²) in [5, 5.41) is 3.28. The molecule has 1 amide bonds. The zero-order valence-electron chi connectivity index (χ0n) is 11.9. The van der Waals surface area contributed by atoms with Gasteiger partial charge in [0.25, 0.3) is 0 Å². The molecule has 1 aliphatic rings. The summed E-state index contributed by atoms with van der Waals surface area (Å²) >= 11 is 0. The fourth-order valence-corrected chi connectivity index (χ4v) is 2.53. The van der Waals surface area contributed by atoms with Crippen LogP contribution in [0.25, 0.3) is 0 Å². The van der Waals surface area contributed by atoms with Crippen molar-refractivity contribution in [3.8, 4) is 5.75 Å². The van der Waals surface area contributed by atoms with Gasteiger partial charge in [-0.25, -0.2) is 0 Å². The third kappa shape index (κ3) is 3.07. The smallest absolute Gasteiger partial charge is 0.231 e. The van der Waals surface area contributed by atoms with E-state index in [1.807, 2.05) is 32.2 Å². The molecule has 1 aliphatic heterocycles. The van der Waals surface area contributed by atoms with Crippen molar-refractivity contribution in [1.82, 2.24) is 5.32 Å². The first kappa shape index (κ1) is 13.9. The van der Waals surface area contributed by atoms with E-state index >= 15 is 0 Å². The number of nitrogens with one attached hydrogen (secondary N) is 1. The van der Waals surface area contributed by atoms with Gasteiger partial charge >= 0.3 is 0 Å². The average Bonchev–Trinajstić information content (AvgIpc) is 2.46. The van der Waals surface area contributed by atoms with E-state index in [1.165, 1.54) is 0 Å². The molecule has 0 aromatic heterocycles. The molecule has 4 heteroatoms. The Bertz CT molecular complexity index is 453. The van der Waals surface area contributed by atoms with Crippen molar-refractivity contribution < 1.29 is 9.53 Å². The van der Waals surface area contributed by atoms with E-state index in [0.29, 0.717) is 0 Å². The summed E-state index contributed by atoms with van der Waals surface area (Å²) in [5.41, 5.74) is 1.97. The molecule has 4 nitrogen and oxygen atoms in total. The second-order valence-corrected chi connectivity index (χ2v) is 5.09.